The Morgan fingerprint density at radius 2 is 2.40 bits per heavy atom. The molecule has 0 fully saturated rings. The molecule has 1 aliphatic heterocycles. The first kappa shape index (κ1) is 7.04. The van der Waals surface area contributed by atoms with Crippen molar-refractivity contribution in [3.05, 3.63) is 22.3 Å². The number of nitro groups is 1. The third-order valence-electron chi connectivity index (χ3n) is 0.676. The van der Waals surface area contributed by atoms with Crippen LogP contribution in [0, 0.1) is 10.1 Å². The SMILES string of the molecule is O=[N+]([O-])C1=COP(=O)(O)O1. The predicted octanol–water partition coefficient (Wildman–Crippen LogP) is 0.209. The molecule has 0 aliphatic carbocycles. The van der Waals surface area contributed by atoms with Crippen molar-refractivity contribution in [3.63, 3.8) is 0 Å². The Balaban J connectivity index is 2.73. The highest BCUT2D eigenvalue weighted by Crippen LogP contribution is 2.50. The van der Waals surface area contributed by atoms with Crippen LogP contribution < -0.4 is 0 Å². The normalized spacial score (nSPS) is 30.3. The van der Waals surface area contributed by atoms with E-state index in [4.69, 9.17) is 4.89 Å². The average molecular weight is 167 g/mol. The Labute approximate surface area is 54.6 Å². The van der Waals surface area contributed by atoms with Gasteiger partial charge < -0.3 is 9.05 Å². The van der Waals surface area contributed by atoms with Gasteiger partial charge in [-0.2, -0.15) is 0 Å². The molecule has 0 bridgehead atoms. The molecule has 8 heteroatoms. The Hall–Kier alpha value is -1.07. The zero-order chi connectivity index (χ0) is 7.78. The van der Waals surface area contributed by atoms with Gasteiger partial charge in [0.25, 0.3) is 0 Å². The van der Waals surface area contributed by atoms with Crippen molar-refractivity contribution in [2.75, 3.05) is 0 Å². The highest BCUT2D eigenvalue weighted by molar-refractivity contribution is 7.47. The van der Waals surface area contributed by atoms with E-state index < -0.39 is 18.6 Å². The van der Waals surface area contributed by atoms with Crippen LogP contribution in [0.3, 0.4) is 0 Å². The van der Waals surface area contributed by atoms with Gasteiger partial charge in [0.15, 0.2) is 0 Å². The minimum atomic E-state index is -4.19. The smallest absolute Gasteiger partial charge is 0.392 e. The summed E-state index contributed by atoms with van der Waals surface area (Å²) in [4.78, 5) is 17.2. The molecule has 7 nitrogen and oxygen atoms in total. The van der Waals surface area contributed by atoms with Gasteiger partial charge in [-0.3, -0.25) is 15.0 Å². The van der Waals surface area contributed by atoms with Crippen LogP contribution in [0.1, 0.15) is 0 Å². The molecule has 0 aromatic carbocycles. The molecular weight excluding hydrogens is 165 g/mol. The number of phosphoric ester groups is 1. The molecule has 1 unspecified atom stereocenters. The van der Waals surface area contributed by atoms with Gasteiger partial charge in [-0.1, -0.05) is 0 Å². The average Bonchev–Trinajstić information content (AvgIpc) is 2.10. The van der Waals surface area contributed by atoms with Gasteiger partial charge in [-0.05, 0) is 0 Å². The summed E-state index contributed by atoms with van der Waals surface area (Å²) < 4.78 is 18.0. The van der Waals surface area contributed by atoms with Gasteiger partial charge in [-0.15, -0.1) is 0 Å². The molecule has 1 atom stereocenters. The fraction of sp³-hybridized carbons (Fsp3) is 0. The second kappa shape index (κ2) is 1.96. The molecule has 0 saturated heterocycles. The van der Waals surface area contributed by atoms with E-state index in [2.05, 4.69) is 9.05 Å². The number of phosphoric acid groups is 1. The van der Waals surface area contributed by atoms with Crippen LogP contribution in [0.4, 0.5) is 0 Å². The van der Waals surface area contributed by atoms with Crippen LogP contribution in [0.5, 0.6) is 0 Å². The van der Waals surface area contributed by atoms with Crippen LogP contribution >= 0.6 is 7.82 Å². The topological polar surface area (TPSA) is 98.9 Å². The first-order valence-corrected chi connectivity index (χ1v) is 3.56. The van der Waals surface area contributed by atoms with Crippen molar-refractivity contribution in [3.8, 4) is 0 Å². The highest BCUT2D eigenvalue weighted by Gasteiger charge is 2.37. The van der Waals surface area contributed by atoms with Crippen molar-refractivity contribution < 1.29 is 23.4 Å². The molecule has 0 spiro atoms. The van der Waals surface area contributed by atoms with E-state index in [1.165, 1.54) is 0 Å². The van der Waals surface area contributed by atoms with Crippen molar-refractivity contribution in [2.24, 2.45) is 0 Å². The summed E-state index contributed by atoms with van der Waals surface area (Å²) in [6.45, 7) is 0. The summed E-state index contributed by atoms with van der Waals surface area (Å²) >= 11 is 0. The second-order valence-corrected chi connectivity index (χ2v) is 2.71. The van der Waals surface area contributed by atoms with E-state index >= 15 is 0 Å². The zero-order valence-corrected chi connectivity index (χ0v) is 5.35. The molecule has 10 heavy (non-hydrogen) atoms. The highest BCUT2D eigenvalue weighted by atomic mass is 31.2. The fourth-order valence-corrected chi connectivity index (χ4v) is 0.962. The lowest BCUT2D eigenvalue weighted by Gasteiger charge is -1.96. The molecule has 1 heterocycles. The lowest BCUT2D eigenvalue weighted by atomic mass is 10.9. The number of rotatable bonds is 1. The van der Waals surface area contributed by atoms with Crippen LogP contribution in [0.2, 0.25) is 0 Å². The molecule has 56 valence electrons. The first-order chi connectivity index (χ1) is 4.51. The van der Waals surface area contributed by atoms with E-state index in [0.29, 0.717) is 6.26 Å². The maximum absolute atomic E-state index is 10.3. The van der Waals surface area contributed by atoms with Gasteiger partial charge in [0.05, 0.1) is 0 Å². The standard InChI is InChI=1S/C2H2NO6P/c4-3(5)2-1-8-10(6,7)9-2/h1H,(H,6,7). The molecule has 0 aromatic heterocycles. The van der Waals surface area contributed by atoms with Crippen LogP contribution in [-0.4, -0.2) is 9.82 Å². The zero-order valence-electron chi connectivity index (χ0n) is 4.46. The minimum Gasteiger partial charge on any atom is -0.392 e. The van der Waals surface area contributed by atoms with E-state index in [0.717, 1.165) is 0 Å². The fourth-order valence-electron chi connectivity index (χ4n) is 0.349. The lowest BCUT2D eigenvalue weighted by molar-refractivity contribution is -0.453. The molecule has 1 rings (SSSR count). The summed E-state index contributed by atoms with van der Waals surface area (Å²) in [6, 6.07) is 0. The number of hydrogen-bond acceptors (Lipinski definition) is 5. The number of nitrogens with zero attached hydrogens (tertiary/aromatic N) is 1. The molecule has 0 saturated carbocycles. The molecular formula is C2H2NO6P. The van der Waals surface area contributed by atoms with Crippen LogP contribution in [0.25, 0.3) is 0 Å². The quantitative estimate of drug-likeness (QED) is 0.340. The second-order valence-electron chi connectivity index (χ2n) is 1.38. The van der Waals surface area contributed by atoms with Gasteiger partial charge in [0.1, 0.15) is 4.92 Å². The van der Waals surface area contributed by atoms with Crippen LogP contribution in [0.15, 0.2) is 12.1 Å². The minimum absolute atomic E-state index is 0.487. The Morgan fingerprint density at radius 3 is 2.60 bits per heavy atom. The van der Waals surface area contributed by atoms with Crippen molar-refractivity contribution >= 4 is 7.82 Å². The largest absolute Gasteiger partial charge is 0.589 e. The summed E-state index contributed by atoms with van der Waals surface area (Å²) in [5, 5.41) is 9.79. The van der Waals surface area contributed by atoms with E-state index in [9.17, 15) is 14.7 Å². The van der Waals surface area contributed by atoms with Gasteiger partial charge in [0.2, 0.25) is 6.26 Å². The molecule has 1 aliphatic rings. The summed E-state index contributed by atoms with van der Waals surface area (Å²) in [6.07, 6.45) is 0.487. The summed E-state index contributed by atoms with van der Waals surface area (Å²) in [7, 11) is -4.19. The first-order valence-electron chi connectivity index (χ1n) is 2.06. The molecule has 0 radical (unpaired) electrons. The Kier molecular flexibility index (Phi) is 1.38. The monoisotopic (exact) mass is 167 g/mol. The Morgan fingerprint density at radius 1 is 1.80 bits per heavy atom. The van der Waals surface area contributed by atoms with Crippen molar-refractivity contribution in [2.45, 2.75) is 0 Å². The van der Waals surface area contributed by atoms with Gasteiger partial charge in [0, 0.05) is 0 Å². The number of hydrogen-bond donors (Lipinski definition) is 1. The Bertz CT molecular complexity index is 244. The molecule has 1 N–H and O–H groups in total. The van der Waals surface area contributed by atoms with Gasteiger partial charge >= 0.3 is 13.7 Å². The van der Waals surface area contributed by atoms with Crippen molar-refractivity contribution in [1.29, 1.82) is 0 Å². The lowest BCUT2D eigenvalue weighted by Crippen LogP contribution is -1.96. The van der Waals surface area contributed by atoms with E-state index in [1.807, 2.05) is 0 Å². The third-order valence-corrected chi connectivity index (χ3v) is 1.47. The maximum Gasteiger partial charge on any atom is 0.589 e. The predicted molar refractivity (Wildman–Crippen MR) is 27.1 cm³/mol. The van der Waals surface area contributed by atoms with E-state index in [1.54, 1.807) is 0 Å². The maximum atomic E-state index is 10.3. The van der Waals surface area contributed by atoms with Crippen molar-refractivity contribution in [1.82, 2.24) is 0 Å². The summed E-state index contributed by atoms with van der Waals surface area (Å²) in [5.41, 5.74) is 0. The van der Waals surface area contributed by atoms with E-state index in [-0.39, 0.29) is 0 Å². The molecule has 0 amide bonds. The van der Waals surface area contributed by atoms with Crippen LogP contribution in [-0.2, 0) is 13.6 Å². The molecule has 0 aromatic rings. The third kappa shape index (κ3) is 1.26. The summed E-state index contributed by atoms with van der Waals surface area (Å²) in [5.74, 6) is -0.856. The van der Waals surface area contributed by atoms with Gasteiger partial charge in [-0.25, -0.2) is 4.57 Å².